The van der Waals surface area contributed by atoms with Crippen LogP contribution in [-0.4, -0.2) is 5.91 Å². The third-order valence-electron chi connectivity index (χ3n) is 6.00. The van der Waals surface area contributed by atoms with Crippen LogP contribution in [0.5, 0.6) is 11.5 Å². The van der Waals surface area contributed by atoms with Crippen LogP contribution in [0.1, 0.15) is 27.8 Å². The summed E-state index contributed by atoms with van der Waals surface area (Å²) in [5, 5.41) is 12.9. The Kier molecular flexibility index (Phi) is 8.81. The van der Waals surface area contributed by atoms with Crippen LogP contribution >= 0.6 is 11.6 Å². The van der Waals surface area contributed by atoms with E-state index in [1.807, 2.05) is 54.6 Å². The van der Waals surface area contributed by atoms with E-state index in [4.69, 9.17) is 21.1 Å². The zero-order chi connectivity index (χ0) is 26.9. The molecule has 0 unspecified atom stereocenters. The number of nitriles is 1. The molecule has 4 aromatic rings. The van der Waals surface area contributed by atoms with Gasteiger partial charge in [0.15, 0.2) is 0 Å². The molecule has 0 aliphatic heterocycles. The Morgan fingerprint density at radius 3 is 2.18 bits per heavy atom. The maximum absolute atomic E-state index is 12.7. The van der Waals surface area contributed by atoms with Crippen molar-refractivity contribution in [1.82, 2.24) is 0 Å². The number of amides is 1. The average molecular weight is 523 g/mol. The van der Waals surface area contributed by atoms with Crippen LogP contribution < -0.4 is 14.8 Å². The number of nitrogens with zero attached hydrogens (tertiary/aromatic N) is 1. The van der Waals surface area contributed by atoms with Crippen molar-refractivity contribution in [2.45, 2.75) is 27.1 Å². The van der Waals surface area contributed by atoms with Crippen LogP contribution in [0.15, 0.2) is 96.6 Å². The number of rotatable bonds is 9. The van der Waals surface area contributed by atoms with Gasteiger partial charge in [-0.2, -0.15) is 5.26 Å². The van der Waals surface area contributed by atoms with E-state index in [0.29, 0.717) is 35.4 Å². The average Bonchev–Trinajstić information content (AvgIpc) is 2.93. The summed E-state index contributed by atoms with van der Waals surface area (Å²) in [6.45, 7) is 4.96. The van der Waals surface area contributed by atoms with E-state index >= 15 is 0 Å². The van der Waals surface area contributed by atoms with Crippen LogP contribution in [0.25, 0.3) is 6.08 Å². The van der Waals surface area contributed by atoms with Gasteiger partial charge < -0.3 is 14.8 Å². The van der Waals surface area contributed by atoms with E-state index < -0.39 is 5.91 Å². The fourth-order valence-corrected chi connectivity index (χ4v) is 3.84. The van der Waals surface area contributed by atoms with Gasteiger partial charge in [0, 0.05) is 16.3 Å². The largest absolute Gasteiger partial charge is 0.489 e. The van der Waals surface area contributed by atoms with Gasteiger partial charge in [-0.3, -0.25) is 4.79 Å². The predicted molar refractivity (Wildman–Crippen MR) is 151 cm³/mol. The lowest BCUT2D eigenvalue weighted by atomic mass is 10.1. The number of aryl methyl sites for hydroxylation is 2. The highest BCUT2D eigenvalue weighted by Gasteiger charge is 2.10. The van der Waals surface area contributed by atoms with E-state index in [-0.39, 0.29) is 5.57 Å². The molecule has 190 valence electrons. The molecule has 38 heavy (non-hydrogen) atoms. The maximum atomic E-state index is 12.7. The third kappa shape index (κ3) is 7.25. The Balaban J connectivity index is 1.32. The van der Waals surface area contributed by atoms with Gasteiger partial charge in [0.05, 0.1) is 0 Å². The summed E-state index contributed by atoms with van der Waals surface area (Å²) >= 11 is 6.16. The summed E-state index contributed by atoms with van der Waals surface area (Å²) in [5.41, 5.74) is 5.73. The summed E-state index contributed by atoms with van der Waals surface area (Å²) in [7, 11) is 0. The van der Waals surface area contributed by atoms with E-state index in [0.717, 1.165) is 16.7 Å². The van der Waals surface area contributed by atoms with Crippen molar-refractivity contribution >= 4 is 29.3 Å². The number of ether oxygens (including phenoxy) is 2. The SMILES string of the molecule is Cc1ccc(COc2ccc(/C=C(\C#N)C(=O)Nc3ccc(OCc4ccccc4Cl)cc3)cc2)cc1C. The van der Waals surface area contributed by atoms with Crippen molar-refractivity contribution < 1.29 is 14.3 Å². The highest BCUT2D eigenvalue weighted by atomic mass is 35.5. The highest BCUT2D eigenvalue weighted by Crippen LogP contribution is 2.21. The van der Waals surface area contributed by atoms with Crippen LogP contribution in [0.3, 0.4) is 0 Å². The van der Waals surface area contributed by atoms with Gasteiger partial charge in [-0.15, -0.1) is 0 Å². The van der Waals surface area contributed by atoms with Crippen molar-refractivity contribution in [1.29, 1.82) is 5.26 Å². The second kappa shape index (κ2) is 12.6. The van der Waals surface area contributed by atoms with E-state index in [1.165, 1.54) is 11.1 Å². The molecule has 4 aromatic carbocycles. The Morgan fingerprint density at radius 2 is 1.53 bits per heavy atom. The lowest BCUT2D eigenvalue weighted by Crippen LogP contribution is -2.13. The number of carbonyl (C=O) groups is 1. The van der Waals surface area contributed by atoms with Crippen LogP contribution in [0, 0.1) is 25.2 Å². The minimum absolute atomic E-state index is 0.00663. The van der Waals surface area contributed by atoms with Crippen molar-refractivity contribution in [3.05, 3.63) is 129 Å². The second-order valence-corrected chi connectivity index (χ2v) is 9.21. The first-order chi connectivity index (χ1) is 18.4. The second-order valence-electron chi connectivity index (χ2n) is 8.80. The zero-order valence-corrected chi connectivity index (χ0v) is 22.0. The number of hydrogen-bond acceptors (Lipinski definition) is 4. The first kappa shape index (κ1) is 26.5. The van der Waals surface area contributed by atoms with Gasteiger partial charge in [-0.05, 0) is 84.6 Å². The number of hydrogen-bond donors (Lipinski definition) is 1. The summed E-state index contributed by atoms with van der Waals surface area (Å²) in [6.07, 6.45) is 1.55. The molecule has 1 amide bonds. The molecule has 0 fully saturated rings. The molecular formula is C32H27ClN2O3. The smallest absolute Gasteiger partial charge is 0.266 e. The van der Waals surface area contributed by atoms with Gasteiger partial charge in [-0.1, -0.05) is 60.1 Å². The molecule has 5 nitrogen and oxygen atoms in total. The van der Waals surface area contributed by atoms with E-state index in [1.54, 1.807) is 30.3 Å². The van der Waals surface area contributed by atoms with Crippen LogP contribution in [0.2, 0.25) is 5.02 Å². The Morgan fingerprint density at radius 1 is 0.868 bits per heavy atom. The number of carbonyl (C=O) groups excluding carboxylic acids is 1. The molecular weight excluding hydrogens is 496 g/mol. The summed E-state index contributed by atoms with van der Waals surface area (Å²) in [4.78, 5) is 12.7. The van der Waals surface area contributed by atoms with E-state index in [2.05, 4.69) is 37.4 Å². The molecule has 0 heterocycles. The molecule has 4 rings (SSSR count). The van der Waals surface area contributed by atoms with E-state index in [9.17, 15) is 10.1 Å². The van der Waals surface area contributed by atoms with Crippen LogP contribution in [0.4, 0.5) is 5.69 Å². The third-order valence-corrected chi connectivity index (χ3v) is 6.37. The molecule has 0 radical (unpaired) electrons. The predicted octanol–water partition coefficient (Wildman–Crippen LogP) is 7.66. The van der Waals surface area contributed by atoms with Gasteiger partial charge in [-0.25, -0.2) is 0 Å². The first-order valence-corrected chi connectivity index (χ1v) is 12.5. The summed E-state index contributed by atoms with van der Waals surface area (Å²) in [6, 6.07) is 29.9. The van der Waals surface area contributed by atoms with Crippen molar-refractivity contribution in [3.63, 3.8) is 0 Å². The molecule has 6 heteroatoms. The molecule has 0 atom stereocenters. The topological polar surface area (TPSA) is 71.3 Å². The van der Waals surface area contributed by atoms with Crippen LogP contribution in [-0.2, 0) is 18.0 Å². The molecule has 0 aliphatic carbocycles. The molecule has 0 aliphatic rings. The fraction of sp³-hybridized carbons (Fsp3) is 0.125. The summed E-state index contributed by atoms with van der Waals surface area (Å²) < 4.78 is 11.6. The van der Waals surface area contributed by atoms with Gasteiger partial charge in [0.2, 0.25) is 0 Å². The normalized spacial score (nSPS) is 10.9. The fourth-order valence-electron chi connectivity index (χ4n) is 3.64. The zero-order valence-electron chi connectivity index (χ0n) is 21.2. The Hall–Kier alpha value is -4.53. The summed E-state index contributed by atoms with van der Waals surface area (Å²) in [5.74, 6) is 0.853. The Labute approximate surface area is 227 Å². The standard InChI is InChI=1S/C32H27ClN2O3/c1-22-7-8-25(17-23(22)2)20-37-29-13-9-24(10-14-29)18-27(19-34)32(36)35-28-11-15-30(16-12-28)38-21-26-5-3-4-6-31(26)33/h3-18H,20-21H2,1-2H3,(H,35,36)/b27-18+. The van der Waals surface area contributed by atoms with Crippen molar-refractivity contribution in [2.24, 2.45) is 0 Å². The number of halogens is 1. The maximum Gasteiger partial charge on any atom is 0.266 e. The molecule has 0 spiro atoms. The molecule has 0 saturated carbocycles. The number of anilines is 1. The lowest BCUT2D eigenvalue weighted by Gasteiger charge is -2.09. The van der Waals surface area contributed by atoms with Crippen molar-refractivity contribution in [3.8, 4) is 17.6 Å². The number of benzene rings is 4. The highest BCUT2D eigenvalue weighted by molar-refractivity contribution is 6.31. The minimum Gasteiger partial charge on any atom is -0.489 e. The lowest BCUT2D eigenvalue weighted by molar-refractivity contribution is -0.112. The molecule has 0 bridgehead atoms. The Bertz CT molecular complexity index is 1490. The van der Waals surface area contributed by atoms with Gasteiger partial charge in [0.25, 0.3) is 5.91 Å². The van der Waals surface area contributed by atoms with Gasteiger partial charge in [0.1, 0.15) is 36.4 Å². The van der Waals surface area contributed by atoms with Gasteiger partial charge >= 0.3 is 0 Å². The number of nitrogens with one attached hydrogen (secondary N) is 1. The molecule has 0 aromatic heterocycles. The first-order valence-electron chi connectivity index (χ1n) is 12.1. The molecule has 1 N–H and O–H groups in total. The van der Waals surface area contributed by atoms with Crippen molar-refractivity contribution in [2.75, 3.05) is 5.32 Å². The quantitative estimate of drug-likeness (QED) is 0.181. The minimum atomic E-state index is -0.493. The monoisotopic (exact) mass is 522 g/mol. The molecule has 0 saturated heterocycles.